The Morgan fingerprint density at radius 3 is 2.75 bits per heavy atom. The molecule has 1 aliphatic rings. The first-order valence-electron chi connectivity index (χ1n) is 4.46. The maximum atomic E-state index is 11.3. The van der Waals surface area contributed by atoms with E-state index in [9.17, 15) is 4.79 Å². The first-order valence-corrected chi connectivity index (χ1v) is 4.46. The summed E-state index contributed by atoms with van der Waals surface area (Å²) in [6, 6.07) is 0.435. The van der Waals surface area contributed by atoms with Crippen molar-refractivity contribution < 1.29 is 9.53 Å². The Morgan fingerprint density at radius 2 is 2.17 bits per heavy atom. The predicted molar refractivity (Wildman–Crippen MR) is 46.8 cm³/mol. The second kappa shape index (κ2) is 3.90. The van der Waals surface area contributed by atoms with Crippen molar-refractivity contribution in [1.29, 1.82) is 0 Å². The van der Waals surface area contributed by atoms with Gasteiger partial charge in [0.2, 0.25) is 0 Å². The summed E-state index contributed by atoms with van der Waals surface area (Å²) in [5.74, 6) is 0.427. The summed E-state index contributed by atoms with van der Waals surface area (Å²) >= 11 is 0. The maximum absolute atomic E-state index is 11.3. The molecule has 3 heteroatoms. The molecule has 0 spiro atoms. The van der Waals surface area contributed by atoms with Gasteiger partial charge < -0.3 is 10.1 Å². The lowest BCUT2D eigenvalue weighted by Crippen LogP contribution is -2.44. The monoisotopic (exact) mass is 171 g/mol. The Hall–Kier alpha value is -0.570. The van der Waals surface area contributed by atoms with Crippen LogP contribution in [0.1, 0.15) is 20.3 Å². The summed E-state index contributed by atoms with van der Waals surface area (Å²) < 4.78 is 4.74. The minimum absolute atomic E-state index is 0.0594. The Bertz CT molecular complexity index is 170. The van der Waals surface area contributed by atoms with Crippen molar-refractivity contribution in [3.05, 3.63) is 0 Å². The van der Waals surface area contributed by atoms with E-state index in [1.165, 1.54) is 7.11 Å². The molecule has 0 aliphatic carbocycles. The second-order valence-electron chi connectivity index (χ2n) is 3.65. The van der Waals surface area contributed by atoms with Crippen LogP contribution >= 0.6 is 0 Å². The number of hydrogen-bond donors (Lipinski definition) is 1. The summed E-state index contributed by atoms with van der Waals surface area (Å²) in [7, 11) is 1.46. The van der Waals surface area contributed by atoms with E-state index in [0.29, 0.717) is 12.0 Å². The van der Waals surface area contributed by atoms with Gasteiger partial charge in [0.15, 0.2) is 0 Å². The van der Waals surface area contributed by atoms with Crippen molar-refractivity contribution in [3.8, 4) is 0 Å². The Morgan fingerprint density at radius 1 is 1.50 bits per heavy atom. The third kappa shape index (κ3) is 1.97. The third-order valence-electron chi connectivity index (χ3n) is 2.59. The molecule has 0 amide bonds. The molecule has 1 saturated heterocycles. The number of methoxy groups -OCH3 is 1. The fraction of sp³-hybridized carbons (Fsp3) is 0.889. The largest absolute Gasteiger partial charge is 0.469 e. The van der Waals surface area contributed by atoms with Gasteiger partial charge in [0.05, 0.1) is 13.0 Å². The van der Waals surface area contributed by atoms with Crippen LogP contribution in [0.25, 0.3) is 0 Å². The van der Waals surface area contributed by atoms with E-state index in [4.69, 9.17) is 4.74 Å². The van der Waals surface area contributed by atoms with Crippen molar-refractivity contribution in [1.82, 2.24) is 5.32 Å². The van der Waals surface area contributed by atoms with Gasteiger partial charge in [-0.1, -0.05) is 6.92 Å². The summed E-state index contributed by atoms with van der Waals surface area (Å²) in [6.45, 7) is 5.10. The molecule has 3 atom stereocenters. The summed E-state index contributed by atoms with van der Waals surface area (Å²) in [5.41, 5.74) is 0. The van der Waals surface area contributed by atoms with Crippen molar-refractivity contribution in [2.75, 3.05) is 13.7 Å². The number of ether oxygens (including phenoxy) is 1. The molecule has 0 aromatic heterocycles. The zero-order valence-corrected chi connectivity index (χ0v) is 7.96. The van der Waals surface area contributed by atoms with E-state index in [2.05, 4.69) is 19.2 Å². The molecular weight excluding hydrogens is 154 g/mol. The average molecular weight is 171 g/mol. The van der Waals surface area contributed by atoms with E-state index in [-0.39, 0.29) is 11.9 Å². The zero-order chi connectivity index (χ0) is 9.14. The first kappa shape index (κ1) is 9.52. The fourth-order valence-electron chi connectivity index (χ4n) is 1.71. The van der Waals surface area contributed by atoms with Crippen LogP contribution in [0.3, 0.4) is 0 Å². The molecule has 1 heterocycles. The second-order valence-corrected chi connectivity index (χ2v) is 3.65. The van der Waals surface area contributed by atoms with Gasteiger partial charge in [0, 0.05) is 6.04 Å². The highest BCUT2D eigenvalue weighted by Gasteiger charge is 2.31. The number of rotatable bonds is 1. The predicted octanol–water partition coefficient (Wildman–Crippen LogP) is 0.793. The highest BCUT2D eigenvalue weighted by Crippen LogP contribution is 2.22. The van der Waals surface area contributed by atoms with Gasteiger partial charge in [-0.3, -0.25) is 4.79 Å². The molecule has 70 valence electrons. The van der Waals surface area contributed by atoms with Crippen LogP contribution < -0.4 is 5.32 Å². The molecule has 1 N–H and O–H groups in total. The van der Waals surface area contributed by atoms with Gasteiger partial charge in [-0.05, 0) is 25.8 Å². The van der Waals surface area contributed by atoms with Crippen LogP contribution in [0.2, 0.25) is 0 Å². The number of hydrogen-bond acceptors (Lipinski definition) is 3. The van der Waals surface area contributed by atoms with Crippen LogP contribution in [-0.2, 0) is 9.53 Å². The van der Waals surface area contributed by atoms with Gasteiger partial charge in [0.1, 0.15) is 0 Å². The van der Waals surface area contributed by atoms with Crippen molar-refractivity contribution in [2.45, 2.75) is 26.3 Å². The van der Waals surface area contributed by atoms with Crippen molar-refractivity contribution in [2.24, 2.45) is 11.8 Å². The Labute approximate surface area is 73.5 Å². The number of nitrogens with one attached hydrogen (secondary N) is 1. The van der Waals surface area contributed by atoms with Gasteiger partial charge in [0.25, 0.3) is 0 Å². The summed E-state index contributed by atoms with van der Waals surface area (Å²) in [6.07, 6.45) is 0.897. The van der Waals surface area contributed by atoms with Gasteiger partial charge in [-0.2, -0.15) is 0 Å². The van der Waals surface area contributed by atoms with E-state index < -0.39 is 0 Å². The minimum atomic E-state index is -0.0594. The average Bonchev–Trinajstić information content (AvgIpc) is 2.08. The minimum Gasteiger partial charge on any atom is -0.469 e. The zero-order valence-electron chi connectivity index (χ0n) is 7.96. The van der Waals surface area contributed by atoms with Gasteiger partial charge in [-0.25, -0.2) is 0 Å². The van der Waals surface area contributed by atoms with Crippen LogP contribution in [0.4, 0.5) is 0 Å². The Balaban J connectivity index is 2.54. The topological polar surface area (TPSA) is 38.3 Å². The molecule has 0 radical (unpaired) electrons. The maximum Gasteiger partial charge on any atom is 0.309 e. The molecule has 1 rings (SSSR count). The smallest absolute Gasteiger partial charge is 0.309 e. The van der Waals surface area contributed by atoms with Crippen LogP contribution in [0.5, 0.6) is 0 Å². The first-order chi connectivity index (χ1) is 5.65. The highest BCUT2D eigenvalue weighted by atomic mass is 16.5. The van der Waals surface area contributed by atoms with Gasteiger partial charge in [-0.15, -0.1) is 0 Å². The van der Waals surface area contributed by atoms with Crippen LogP contribution in [-0.4, -0.2) is 25.7 Å². The molecule has 0 saturated carbocycles. The molecule has 1 aliphatic heterocycles. The lowest BCUT2D eigenvalue weighted by atomic mass is 9.85. The molecule has 0 bridgehead atoms. The number of piperidine rings is 1. The molecule has 12 heavy (non-hydrogen) atoms. The third-order valence-corrected chi connectivity index (χ3v) is 2.59. The van der Waals surface area contributed by atoms with Crippen molar-refractivity contribution >= 4 is 5.97 Å². The van der Waals surface area contributed by atoms with E-state index in [1.54, 1.807) is 0 Å². The summed E-state index contributed by atoms with van der Waals surface area (Å²) in [4.78, 5) is 11.3. The molecule has 3 nitrogen and oxygen atoms in total. The standard InChI is InChI=1S/C9H17NO2/c1-6-5-10-7(2)4-8(6)9(11)12-3/h6-8,10H,4-5H2,1-3H3. The SMILES string of the molecule is COC(=O)C1CC(C)NCC1C. The Kier molecular flexibility index (Phi) is 3.09. The molecule has 0 aromatic carbocycles. The van der Waals surface area contributed by atoms with Crippen molar-refractivity contribution in [3.63, 3.8) is 0 Å². The molecule has 3 unspecified atom stereocenters. The van der Waals surface area contributed by atoms with Crippen LogP contribution in [0, 0.1) is 11.8 Å². The fourth-order valence-corrected chi connectivity index (χ4v) is 1.71. The quantitative estimate of drug-likeness (QED) is 0.593. The molecule has 1 fully saturated rings. The van der Waals surface area contributed by atoms with Gasteiger partial charge >= 0.3 is 5.97 Å². The summed E-state index contributed by atoms with van der Waals surface area (Å²) in [5, 5.41) is 3.33. The number of carbonyl (C=O) groups excluding carboxylic acids is 1. The van der Waals surface area contributed by atoms with E-state index in [0.717, 1.165) is 13.0 Å². The lowest BCUT2D eigenvalue weighted by molar-refractivity contribution is -0.148. The lowest BCUT2D eigenvalue weighted by Gasteiger charge is -2.31. The number of esters is 1. The molecular formula is C9H17NO2. The van der Waals surface area contributed by atoms with E-state index >= 15 is 0 Å². The number of carbonyl (C=O) groups is 1. The normalized spacial score (nSPS) is 36.1. The van der Waals surface area contributed by atoms with E-state index in [1.807, 2.05) is 0 Å². The van der Waals surface area contributed by atoms with Crippen LogP contribution in [0.15, 0.2) is 0 Å². The molecule has 0 aromatic rings. The highest BCUT2D eigenvalue weighted by molar-refractivity contribution is 5.72.